The third-order valence-corrected chi connectivity index (χ3v) is 2.14. The zero-order chi connectivity index (χ0) is 6.85. The molecule has 1 aliphatic heterocycles. The van der Waals surface area contributed by atoms with Crippen LogP contribution in [0.15, 0.2) is 0 Å². The van der Waals surface area contributed by atoms with Crippen molar-refractivity contribution >= 4 is 0 Å². The highest BCUT2D eigenvalue weighted by molar-refractivity contribution is 4.80. The first-order valence-corrected chi connectivity index (χ1v) is 3.70. The fourth-order valence-electron chi connectivity index (χ4n) is 1.27. The molecule has 9 heavy (non-hydrogen) atoms. The van der Waals surface area contributed by atoms with Gasteiger partial charge in [0.1, 0.15) is 0 Å². The maximum atomic E-state index is 3.48. The summed E-state index contributed by atoms with van der Waals surface area (Å²) in [6.07, 6.45) is 1.82. The van der Waals surface area contributed by atoms with E-state index < -0.39 is 0 Å². The van der Waals surface area contributed by atoms with Crippen LogP contribution in [-0.2, 0) is 0 Å². The summed E-state index contributed by atoms with van der Waals surface area (Å²) >= 11 is 0. The molecule has 0 bridgehead atoms. The van der Waals surface area contributed by atoms with Crippen LogP contribution in [0.5, 0.6) is 0 Å². The molecule has 2 unspecified atom stereocenters. The topological polar surface area (TPSA) is 15.3 Å². The van der Waals surface area contributed by atoms with Crippen LogP contribution >= 0.6 is 0 Å². The summed E-state index contributed by atoms with van der Waals surface area (Å²) in [6, 6.07) is 0.727. The van der Waals surface area contributed by atoms with Crippen LogP contribution in [0.1, 0.15) is 20.3 Å². The zero-order valence-electron chi connectivity index (χ0n) is 6.52. The van der Waals surface area contributed by atoms with Gasteiger partial charge in [-0.3, -0.25) is 10.2 Å². The average molecular weight is 128 g/mol. The summed E-state index contributed by atoms with van der Waals surface area (Å²) in [6.45, 7) is 5.64. The first-order valence-electron chi connectivity index (χ1n) is 3.70. The Morgan fingerprint density at radius 2 is 2.33 bits per heavy atom. The molecule has 0 amide bonds. The number of likely N-dealkylation sites (N-methyl/N-ethyl adjacent to an activating group) is 1. The Hall–Kier alpha value is -0.0800. The summed E-state index contributed by atoms with van der Waals surface area (Å²) < 4.78 is 0. The van der Waals surface area contributed by atoms with Crippen molar-refractivity contribution in [2.24, 2.45) is 0 Å². The molecule has 0 aromatic carbocycles. The van der Waals surface area contributed by atoms with Gasteiger partial charge in [0.25, 0.3) is 0 Å². The van der Waals surface area contributed by atoms with Crippen LogP contribution in [0.2, 0.25) is 0 Å². The monoisotopic (exact) mass is 128 g/mol. The van der Waals surface area contributed by atoms with Crippen LogP contribution in [0, 0.1) is 0 Å². The van der Waals surface area contributed by atoms with Gasteiger partial charge in [0.05, 0.1) is 6.17 Å². The van der Waals surface area contributed by atoms with E-state index in [9.17, 15) is 0 Å². The minimum atomic E-state index is 0.579. The minimum Gasteiger partial charge on any atom is -0.298 e. The number of nitrogens with zero attached hydrogens (tertiary/aromatic N) is 1. The van der Waals surface area contributed by atoms with E-state index in [0.29, 0.717) is 6.17 Å². The van der Waals surface area contributed by atoms with E-state index in [1.165, 1.54) is 13.0 Å². The largest absolute Gasteiger partial charge is 0.298 e. The average Bonchev–Trinajstić information content (AvgIpc) is 2.13. The highest BCUT2D eigenvalue weighted by Gasteiger charge is 2.22. The fourth-order valence-corrected chi connectivity index (χ4v) is 1.27. The second-order valence-electron chi connectivity index (χ2n) is 2.89. The lowest BCUT2D eigenvalue weighted by Crippen LogP contribution is -2.30. The Balaban J connectivity index is 2.35. The van der Waals surface area contributed by atoms with Crippen LogP contribution in [-0.4, -0.2) is 30.7 Å². The first-order chi connectivity index (χ1) is 4.24. The molecule has 1 N–H and O–H groups in total. The smallest absolute Gasteiger partial charge is 0.0568 e. The molecule has 0 aromatic heterocycles. The minimum absolute atomic E-state index is 0.579. The van der Waals surface area contributed by atoms with E-state index in [-0.39, 0.29) is 0 Å². The maximum absolute atomic E-state index is 3.48. The first kappa shape index (κ1) is 7.03. The molecule has 0 saturated carbocycles. The normalized spacial score (nSPS) is 37.7. The lowest BCUT2D eigenvalue weighted by atomic mass is 10.2. The van der Waals surface area contributed by atoms with E-state index in [4.69, 9.17) is 0 Å². The molecule has 1 heterocycles. The van der Waals surface area contributed by atoms with E-state index in [1.54, 1.807) is 0 Å². The van der Waals surface area contributed by atoms with E-state index in [0.717, 1.165) is 6.04 Å². The second-order valence-corrected chi connectivity index (χ2v) is 2.89. The lowest BCUT2D eigenvalue weighted by Gasteiger charge is -2.11. The van der Waals surface area contributed by atoms with Crippen molar-refractivity contribution in [3.05, 3.63) is 0 Å². The molecule has 1 fully saturated rings. The molecular weight excluding hydrogens is 112 g/mol. The Kier molecular flexibility index (Phi) is 2.09. The molecular formula is C7H16N2. The maximum Gasteiger partial charge on any atom is 0.0568 e. The summed E-state index contributed by atoms with van der Waals surface area (Å²) in [4.78, 5) is 2.34. The molecule has 2 atom stereocenters. The highest BCUT2D eigenvalue weighted by Crippen LogP contribution is 2.06. The molecule has 2 nitrogen and oxygen atoms in total. The molecule has 0 radical (unpaired) electrons. The van der Waals surface area contributed by atoms with Crippen LogP contribution < -0.4 is 5.32 Å². The molecule has 54 valence electrons. The number of rotatable bonds is 1. The van der Waals surface area contributed by atoms with Crippen LogP contribution in [0.25, 0.3) is 0 Å². The van der Waals surface area contributed by atoms with Gasteiger partial charge in [0.15, 0.2) is 0 Å². The van der Waals surface area contributed by atoms with E-state index in [2.05, 4.69) is 31.1 Å². The molecule has 2 heteroatoms. The van der Waals surface area contributed by atoms with Crippen molar-refractivity contribution in [1.29, 1.82) is 0 Å². The predicted molar refractivity (Wildman–Crippen MR) is 39.3 cm³/mol. The van der Waals surface area contributed by atoms with Crippen molar-refractivity contribution in [2.45, 2.75) is 32.5 Å². The van der Waals surface area contributed by atoms with Gasteiger partial charge in [-0.1, -0.05) is 6.92 Å². The van der Waals surface area contributed by atoms with Crippen molar-refractivity contribution < 1.29 is 0 Å². The molecule has 0 aliphatic carbocycles. The number of nitrogens with one attached hydrogen (secondary N) is 1. The van der Waals surface area contributed by atoms with Gasteiger partial charge in [-0.15, -0.1) is 0 Å². The van der Waals surface area contributed by atoms with Crippen LogP contribution in [0.4, 0.5) is 0 Å². The van der Waals surface area contributed by atoms with E-state index >= 15 is 0 Å². The summed E-state index contributed by atoms with van der Waals surface area (Å²) in [5, 5.41) is 3.48. The van der Waals surface area contributed by atoms with E-state index in [1.807, 2.05) is 0 Å². The van der Waals surface area contributed by atoms with Crippen molar-refractivity contribution in [3.8, 4) is 0 Å². The highest BCUT2D eigenvalue weighted by atomic mass is 15.3. The molecule has 0 spiro atoms. The Bertz CT molecular complexity index is 82.9. The second kappa shape index (κ2) is 2.67. The SMILES string of the molecule is CCC1CN(C)C(C)N1. The number of hydrogen-bond donors (Lipinski definition) is 1. The van der Waals surface area contributed by atoms with Gasteiger partial charge >= 0.3 is 0 Å². The van der Waals surface area contributed by atoms with Gasteiger partial charge in [0, 0.05) is 12.6 Å². The molecule has 0 aromatic rings. The van der Waals surface area contributed by atoms with Crippen LogP contribution in [0.3, 0.4) is 0 Å². The summed E-state index contributed by atoms with van der Waals surface area (Å²) in [5.74, 6) is 0. The van der Waals surface area contributed by atoms with Crippen molar-refractivity contribution in [3.63, 3.8) is 0 Å². The quantitative estimate of drug-likeness (QED) is 0.557. The van der Waals surface area contributed by atoms with Gasteiger partial charge < -0.3 is 0 Å². The van der Waals surface area contributed by atoms with Crippen molar-refractivity contribution in [2.75, 3.05) is 13.6 Å². The van der Waals surface area contributed by atoms with Gasteiger partial charge in [0.2, 0.25) is 0 Å². The fraction of sp³-hybridized carbons (Fsp3) is 1.00. The predicted octanol–water partition coefficient (Wildman–Crippen LogP) is 0.646. The van der Waals surface area contributed by atoms with Crippen molar-refractivity contribution in [1.82, 2.24) is 10.2 Å². The molecule has 1 rings (SSSR count). The Labute approximate surface area is 57.2 Å². The molecule has 1 aliphatic rings. The summed E-state index contributed by atoms with van der Waals surface area (Å²) in [5.41, 5.74) is 0. The molecule has 1 saturated heterocycles. The standard InChI is InChI=1S/C7H16N2/c1-4-7-5-9(3)6(2)8-7/h6-8H,4-5H2,1-3H3. The third kappa shape index (κ3) is 1.43. The Morgan fingerprint density at radius 1 is 1.67 bits per heavy atom. The third-order valence-electron chi connectivity index (χ3n) is 2.14. The summed E-state index contributed by atoms with van der Waals surface area (Å²) in [7, 11) is 2.16. The Morgan fingerprint density at radius 3 is 2.56 bits per heavy atom. The number of hydrogen-bond acceptors (Lipinski definition) is 2. The van der Waals surface area contributed by atoms with Gasteiger partial charge in [-0.2, -0.15) is 0 Å². The van der Waals surface area contributed by atoms with Gasteiger partial charge in [-0.05, 0) is 20.4 Å². The lowest BCUT2D eigenvalue weighted by molar-refractivity contribution is 0.315. The van der Waals surface area contributed by atoms with Gasteiger partial charge in [-0.25, -0.2) is 0 Å². The zero-order valence-corrected chi connectivity index (χ0v) is 6.52.